The van der Waals surface area contributed by atoms with E-state index in [9.17, 15) is 14.4 Å². The summed E-state index contributed by atoms with van der Waals surface area (Å²) in [6, 6.07) is 13.5. The van der Waals surface area contributed by atoms with Crippen molar-refractivity contribution in [2.45, 2.75) is 12.8 Å². The van der Waals surface area contributed by atoms with Gasteiger partial charge in [-0.3, -0.25) is 14.4 Å². The number of rotatable bonds is 5. The lowest BCUT2D eigenvalue weighted by molar-refractivity contribution is 0.0923. The van der Waals surface area contributed by atoms with E-state index in [1.165, 1.54) is 18.9 Å². The lowest BCUT2D eigenvalue weighted by atomic mass is 10.1. The van der Waals surface area contributed by atoms with E-state index in [-0.39, 0.29) is 17.4 Å². The first-order valence-corrected chi connectivity index (χ1v) is 9.23. The number of nitrogens with zero attached hydrogens (tertiary/aromatic N) is 2. The molecule has 2 aliphatic rings. The van der Waals surface area contributed by atoms with Crippen LogP contribution in [0.4, 0.5) is 5.69 Å². The molecule has 138 valence electrons. The number of benzene rings is 2. The van der Waals surface area contributed by atoms with Gasteiger partial charge in [0.1, 0.15) is 0 Å². The second kappa shape index (κ2) is 7.32. The number of hydrogen-bond acceptors (Lipinski definition) is 4. The number of likely N-dealkylation sites (tertiary alicyclic amines) is 1. The summed E-state index contributed by atoms with van der Waals surface area (Å²) in [6.45, 7) is 3.57. The first-order valence-electron chi connectivity index (χ1n) is 9.23. The molecule has 0 radical (unpaired) electrons. The van der Waals surface area contributed by atoms with Crippen molar-refractivity contribution in [1.29, 1.82) is 0 Å². The summed E-state index contributed by atoms with van der Waals surface area (Å²) in [4.78, 5) is 41.2. The van der Waals surface area contributed by atoms with Crippen molar-refractivity contribution in [3.05, 3.63) is 65.2 Å². The molecule has 1 N–H and O–H groups in total. The highest BCUT2D eigenvalue weighted by molar-refractivity contribution is 6.34. The van der Waals surface area contributed by atoms with Crippen LogP contribution in [0, 0.1) is 0 Å². The summed E-state index contributed by atoms with van der Waals surface area (Å²) < 4.78 is 0. The van der Waals surface area contributed by atoms with Gasteiger partial charge in [-0.2, -0.15) is 0 Å². The van der Waals surface area contributed by atoms with Crippen molar-refractivity contribution in [1.82, 2.24) is 10.2 Å². The maximum atomic E-state index is 12.7. The van der Waals surface area contributed by atoms with Gasteiger partial charge < -0.3 is 10.2 Å². The van der Waals surface area contributed by atoms with Gasteiger partial charge in [-0.15, -0.1) is 0 Å². The van der Waals surface area contributed by atoms with Gasteiger partial charge in [0.25, 0.3) is 17.7 Å². The van der Waals surface area contributed by atoms with Crippen molar-refractivity contribution in [2.75, 3.05) is 31.1 Å². The third-order valence-electron chi connectivity index (χ3n) is 5.08. The Balaban J connectivity index is 1.48. The molecule has 0 bridgehead atoms. The third-order valence-corrected chi connectivity index (χ3v) is 5.08. The zero-order valence-corrected chi connectivity index (χ0v) is 15.0. The highest BCUT2D eigenvalue weighted by Crippen LogP contribution is 2.28. The van der Waals surface area contributed by atoms with Crippen molar-refractivity contribution in [2.24, 2.45) is 0 Å². The smallest absolute Gasteiger partial charge is 0.266 e. The maximum absolute atomic E-state index is 12.7. The Labute approximate surface area is 157 Å². The molecule has 0 aliphatic carbocycles. The predicted octanol–water partition coefficient (Wildman–Crippen LogP) is 2.31. The van der Waals surface area contributed by atoms with Crippen LogP contribution in [0.2, 0.25) is 0 Å². The van der Waals surface area contributed by atoms with Gasteiger partial charge in [0.2, 0.25) is 0 Å². The highest BCUT2D eigenvalue weighted by Gasteiger charge is 2.37. The fourth-order valence-corrected chi connectivity index (χ4v) is 3.63. The minimum atomic E-state index is -0.395. The van der Waals surface area contributed by atoms with Gasteiger partial charge in [-0.25, -0.2) is 4.90 Å². The van der Waals surface area contributed by atoms with Crippen molar-refractivity contribution in [3.8, 4) is 0 Å². The van der Waals surface area contributed by atoms with Crippen LogP contribution in [-0.4, -0.2) is 48.8 Å². The van der Waals surface area contributed by atoms with Gasteiger partial charge in [0.15, 0.2) is 0 Å². The van der Waals surface area contributed by atoms with Crippen LogP contribution < -0.4 is 10.2 Å². The summed E-state index contributed by atoms with van der Waals surface area (Å²) >= 11 is 0. The number of nitrogens with one attached hydrogen (secondary N) is 1. The average Bonchev–Trinajstić information content (AvgIpc) is 3.29. The number of hydrogen-bond donors (Lipinski definition) is 1. The Morgan fingerprint density at radius 3 is 2.37 bits per heavy atom. The monoisotopic (exact) mass is 363 g/mol. The van der Waals surface area contributed by atoms with Crippen LogP contribution in [0.3, 0.4) is 0 Å². The number of imide groups is 1. The molecule has 1 saturated heterocycles. The van der Waals surface area contributed by atoms with E-state index in [0.29, 0.717) is 23.4 Å². The Morgan fingerprint density at radius 1 is 0.926 bits per heavy atom. The summed E-state index contributed by atoms with van der Waals surface area (Å²) in [5, 5.41) is 2.90. The van der Waals surface area contributed by atoms with E-state index in [1.54, 1.807) is 36.4 Å². The van der Waals surface area contributed by atoms with Crippen LogP contribution in [0.25, 0.3) is 0 Å². The molecule has 2 aromatic rings. The molecule has 0 saturated carbocycles. The number of carbonyl (C=O) groups is 3. The Bertz CT molecular complexity index is 889. The lowest BCUT2D eigenvalue weighted by Crippen LogP contribution is -2.33. The number of fused-ring (bicyclic) bond motifs is 1. The molecule has 1 fully saturated rings. The van der Waals surface area contributed by atoms with E-state index >= 15 is 0 Å². The molecule has 0 spiro atoms. The number of carbonyl (C=O) groups excluding carboxylic acids is 3. The van der Waals surface area contributed by atoms with Gasteiger partial charge in [0, 0.05) is 18.7 Å². The topological polar surface area (TPSA) is 69.7 Å². The van der Waals surface area contributed by atoms with E-state index in [1.807, 2.05) is 6.07 Å². The maximum Gasteiger partial charge on any atom is 0.266 e. The molecular weight excluding hydrogens is 342 g/mol. The van der Waals surface area contributed by atoms with Crippen LogP contribution in [0.15, 0.2) is 48.5 Å². The van der Waals surface area contributed by atoms with E-state index in [2.05, 4.69) is 10.2 Å². The van der Waals surface area contributed by atoms with Crippen LogP contribution in [0.5, 0.6) is 0 Å². The molecule has 27 heavy (non-hydrogen) atoms. The van der Waals surface area contributed by atoms with Gasteiger partial charge in [-0.1, -0.05) is 18.2 Å². The second-order valence-electron chi connectivity index (χ2n) is 6.85. The van der Waals surface area contributed by atoms with Gasteiger partial charge in [0.05, 0.1) is 16.8 Å². The minimum absolute atomic E-state index is 0.226. The summed E-state index contributed by atoms with van der Waals surface area (Å²) in [7, 11) is 0. The largest absolute Gasteiger partial charge is 0.351 e. The van der Waals surface area contributed by atoms with Crippen molar-refractivity contribution in [3.63, 3.8) is 0 Å². The Kier molecular flexibility index (Phi) is 4.73. The molecule has 2 aliphatic heterocycles. The molecular formula is C21H21N3O3. The molecule has 3 amide bonds. The number of amides is 3. The molecule has 6 nitrogen and oxygen atoms in total. The predicted molar refractivity (Wildman–Crippen MR) is 102 cm³/mol. The first kappa shape index (κ1) is 17.4. The SMILES string of the molecule is O=C(NCCN1CCCC1)c1ccc2c(c1)C(=O)N(c1ccccc1)C2=O. The third kappa shape index (κ3) is 3.36. The average molecular weight is 363 g/mol. The molecule has 6 heteroatoms. The zero-order valence-electron chi connectivity index (χ0n) is 15.0. The summed E-state index contributed by atoms with van der Waals surface area (Å²) in [6.07, 6.45) is 2.43. The molecule has 0 atom stereocenters. The normalized spacial score (nSPS) is 16.7. The van der Waals surface area contributed by atoms with Crippen molar-refractivity contribution < 1.29 is 14.4 Å². The molecule has 2 aromatic carbocycles. The van der Waals surface area contributed by atoms with Gasteiger partial charge in [-0.05, 0) is 56.3 Å². The lowest BCUT2D eigenvalue weighted by Gasteiger charge is -2.14. The standard InChI is InChI=1S/C21H21N3O3/c25-19(22-10-13-23-11-4-5-12-23)15-8-9-17-18(14-15)21(27)24(20(17)26)16-6-2-1-3-7-16/h1-3,6-9,14H,4-5,10-13H2,(H,22,25). The summed E-state index contributed by atoms with van der Waals surface area (Å²) in [5.41, 5.74) is 1.53. The fourth-order valence-electron chi connectivity index (χ4n) is 3.63. The Hall–Kier alpha value is -2.99. The summed E-state index contributed by atoms with van der Waals surface area (Å²) in [5.74, 6) is -0.981. The zero-order chi connectivity index (χ0) is 18.8. The molecule has 4 rings (SSSR count). The molecule has 2 heterocycles. The number of anilines is 1. The van der Waals surface area contributed by atoms with E-state index in [0.717, 1.165) is 24.5 Å². The number of para-hydroxylation sites is 1. The van der Waals surface area contributed by atoms with Crippen molar-refractivity contribution >= 4 is 23.4 Å². The van der Waals surface area contributed by atoms with Crippen LogP contribution in [0.1, 0.15) is 43.9 Å². The quantitative estimate of drug-likeness (QED) is 0.828. The fraction of sp³-hybridized carbons (Fsp3) is 0.286. The minimum Gasteiger partial charge on any atom is -0.351 e. The molecule has 0 aromatic heterocycles. The molecule has 0 unspecified atom stereocenters. The highest BCUT2D eigenvalue weighted by atomic mass is 16.2. The van der Waals surface area contributed by atoms with Crippen LogP contribution in [-0.2, 0) is 0 Å². The van der Waals surface area contributed by atoms with Crippen LogP contribution >= 0.6 is 0 Å². The first-order chi connectivity index (χ1) is 13.1. The Morgan fingerprint density at radius 2 is 1.63 bits per heavy atom. The second-order valence-corrected chi connectivity index (χ2v) is 6.85. The van der Waals surface area contributed by atoms with Gasteiger partial charge >= 0.3 is 0 Å². The van der Waals surface area contributed by atoms with E-state index < -0.39 is 5.91 Å². The van der Waals surface area contributed by atoms with E-state index in [4.69, 9.17) is 0 Å².